The van der Waals surface area contributed by atoms with E-state index in [1.54, 1.807) is 0 Å². The molecular weight excluding hydrogens is 290 g/mol. The minimum absolute atomic E-state index is 0.282. The number of nitrogens with one attached hydrogen (secondary N) is 1. The predicted octanol–water partition coefficient (Wildman–Crippen LogP) is 5.50. The standard InChI is InChI=1S/C23H31N/c1-2-18-24-22(19-20-12-6-3-7-13-20)23(16-10-5-11-17-23)21-14-8-4-9-15-21/h3-4,6-9,12-15,22,24H,2,5,10-11,16-19H2,1H3. The van der Waals surface area contributed by atoms with Crippen LogP contribution in [-0.4, -0.2) is 12.6 Å². The zero-order valence-electron chi connectivity index (χ0n) is 15.0. The van der Waals surface area contributed by atoms with E-state index in [1.807, 2.05) is 0 Å². The van der Waals surface area contributed by atoms with E-state index < -0.39 is 0 Å². The van der Waals surface area contributed by atoms with Crippen LogP contribution < -0.4 is 5.32 Å². The highest BCUT2D eigenvalue weighted by molar-refractivity contribution is 5.30. The van der Waals surface area contributed by atoms with Crippen molar-refractivity contribution in [3.05, 3.63) is 71.8 Å². The van der Waals surface area contributed by atoms with Crippen molar-refractivity contribution in [3.63, 3.8) is 0 Å². The van der Waals surface area contributed by atoms with Crippen LogP contribution in [0.25, 0.3) is 0 Å². The molecule has 0 saturated heterocycles. The fraction of sp³-hybridized carbons (Fsp3) is 0.478. The lowest BCUT2D eigenvalue weighted by molar-refractivity contribution is 0.211. The molecule has 128 valence electrons. The first-order valence-corrected chi connectivity index (χ1v) is 9.68. The monoisotopic (exact) mass is 321 g/mol. The van der Waals surface area contributed by atoms with Gasteiger partial charge in [0.1, 0.15) is 0 Å². The second-order valence-corrected chi connectivity index (χ2v) is 7.28. The Bertz CT molecular complexity index is 584. The Morgan fingerprint density at radius 2 is 1.50 bits per heavy atom. The normalized spacial score (nSPS) is 18.2. The topological polar surface area (TPSA) is 12.0 Å². The molecule has 0 spiro atoms. The maximum atomic E-state index is 3.93. The number of rotatable bonds is 7. The van der Waals surface area contributed by atoms with E-state index in [4.69, 9.17) is 0 Å². The summed E-state index contributed by atoms with van der Waals surface area (Å²) < 4.78 is 0. The van der Waals surface area contributed by atoms with Gasteiger partial charge < -0.3 is 5.32 Å². The van der Waals surface area contributed by atoms with Crippen molar-refractivity contribution >= 4 is 0 Å². The molecule has 24 heavy (non-hydrogen) atoms. The molecule has 1 aliphatic carbocycles. The van der Waals surface area contributed by atoms with E-state index in [0.29, 0.717) is 6.04 Å². The Hall–Kier alpha value is -1.60. The summed E-state index contributed by atoms with van der Waals surface area (Å²) in [6.45, 7) is 3.37. The Labute approximate surface area is 147 Å². The van der Waals surface area contributed by atoms with Crippen molar-refractivity contribution in [3.8, 4) is 0 Å². The van der Waals surface area contributed by atoms with Gasteiger partial charge in [-0.05, 0) is 43.4 Å². The summed E-state index contributed by atoms with van der Waals surface area (Å²) in [5.74, 6) is 0. The largest absolute Gasteiger partial charge is 0.313 e. The van der Waals surface area contributed by atoms with E-state index in [9.17, 15) is 0 Å². The first-order valence-electron chi connectivity index (χ1n) is 9.68. The fourth-order valence-electron chi connectivity index (χ4n) is 4.42. The van der Waals surface area contributed by atoms with Crippen LogP contribution in [0.4, 0.5) is 0 Å². The van der Waals surface area contributed by atoms with Crippen LogP contribution in [0.15, 0.2) is 60.7 Å². The molecule has 1 nitrogen and oxygen atoms in total. The molecule has 1 saturated carbocycles. The van der Waals surface area contributed by atoms with Gasteiger partial charge in [0.15, 0.2) is 0 Å². The molecule has 1 N–H and O–H groups in total. The van der Waals surface area contributed by atoms with Gasteiger partial charge >= 0.3 is 0 Å². The van der Waals surface area contributed by atoms with E-state index in [2.05, 4.69) is 72.9 Å². The molecule has 1 heteroatoms. The first-order chi connectivity index (χ1) is 11.8. The molecule has 1 fully saturated rings. The highest BCUT2D eigenvalue weighted by Gasteiger charge is 2.40. The van der Waals surface area contributed by atoms with Crippen molar-refractivity contribution in [1.29, 1.82) is 0 Å². The molecular formula is C23H31N. The average molecular weight is 322 g/mol. The second-order valence-electron chi connectivity index (χ2n) is 7.28. The minimum Gasteiger partial charge on any atom is -0.313 e. The van der Waals surface area contributed by atoms with Gasteiger partial charge in [0.2, 0.25) is 0 Å². The van der Waals surface area contributed by atoms with E-state index in [0.717, 1.165) is 13.0 Å². The summed E-state index contributed by atoms with van der Waals surface area (Å²) in [6, 6.07) is 22.8. The highest BCUT2D eigenvalue weighted by atomic mass is 14.9. The smallest absolute Gasteiger partial charge is 0.0204 e. The SMILES string of the molecule is CCCNC(Cc1ccccc1)C1(c2ccccc2)CCCCC1. The Morgan fingerprint density at radius 1 is 0.875 bits per heavy atom. The van der Waals surface area contributed by atoms with Crippen LogP contribution in [0, 0.1) is 0 Å². The molecule has 3 rings (SSSR count). The summed E-state index contributed by atoms with van der Waals surface area (Å²) in [4.78, 5) is 0. The van der Waals surface area contributed by atoms with E-state index in [-0.39, 0.29) is 5.41 Å². The second kappa shape index (κ2) is 8.48. The Kier molecular flexibility index (Phi) is 6.09. The molecule has 2 aromatic rings. The number of hydrogen-bond acceptors (Lipinski definition) is 1. The predicted molar refractivity (Wildman–Crippen MR) is 103 cm³/mol. The fourth-order valence-corrected chi connectivity index (χ4v) is 4.42. The maximum Gasteiger partial charge on any atom is 0.0204 e. The number of benzene rings is 2. The van der Waals surface area contributed by atoms with Gasteiger partial charge in [-0.25, -0.2) is 0 Å². The lowest BCUT2D eigenvalue weighted by atomic mass is 9.63. The van der Waals surface area contributed by atoms with Gasteiger partial charge in [0.25, 0.3) is 0 Å². The van der Waals surface area contributed by atoms with Crippen molar-refractivity contribution in [1.82, 2.24) is 5.32 Å². The summed E-state index contributed by atoms with van der Waals surface area (Å²) in [7, 11) is 0. The molecule has 1 aliphatic rings. The zero-order valence-corrected chi connectivity index (χ0v) is 15.0. The van der Waals surface area contributed by atoms with Crippen LogP contribution in [0.3, 0.4) is 0 Å². The summed E-state index contributed by atoms with van der Waals surface area (Å²) in [5.41, 5.74) is 3.27. The molecule has 2 aromatic carbocycles. The third-order valence-electron chi connectivity index (χ3n) is 5.68. The van der Waals surface area contributed by atoms with Crippen LogP contribution in [0.2, 0.25) is 0 Å². The molecule has 1 unspecified atom stereocenters. The molecule has 0 radical (unpaired) electrons. The summed E-state index contributed by atoms with van der Waals surface area (Å²) in [5, 5.41) is 3.93. The third-order valence-corrected chi connectivity index (χ3v) is 5.68. The zero-order chi connectivity index (χ0) is 16.7. The van der Waals surface area contributed by atoms with Crippen LogP contribution in [0.5, 0.6) is 0 Å². The van der Waals surface area contributed by atoms with Gasteiger partial charge in [0.05, 0.1) is 0 Å². The quantitative estimate of drug-likeness (QED) is 0.710. The summed E-state index contributed by atoms with van der Waals surface area (Å²) >= 11 is 0. The van der Waals surface area contributed by atoms with Crippen molar-refractivity contribution in [2.75, 3.05) is 6.54 Å². The van der Waals surface area contributed by atoms with Crippen molar-refractivity contribution in [2.24, 2.45) is 0 Å². The van der Waals surface area contributed by atoms with Gasteiger partial charge in [-0.1, -0.05) is 86.8 Å². The lowest BCUT2D eigenvalue weighted by Gasteiger charge is -2.45. The lowest BCUT2D eigenvalue weighted by Crippen LogP contribution is -2.51. The summed E-state index contributed by atoms with van der Waals surface area (Å²) in [6.07, 6.45) is 9.03. The van der Waals surface area contributed by atoms with Crippen LogP contribution >= 0.6 is 0 Å². The number of hydrogen-bond donors (Lipinski definition) is 1. The van der Waals surface area contributed by atoms with Gasteiger partial charge in [-0.3, -0.25) is 0 Å². The Balaban J connectivity index is 1.93. The van der Waals surface area contributed by atoms with Crippen LogP contribution in [0.1, 0.15) is 56.6 Å². The third kappa shape index (κ3) is 3.89. The van der Waals surface area contributed by atoms with Gasteiger partial charge in [-0.15, -0.1) is 0 Å². The Morgan fingerprint density at radius 3 is 2.12 bits per heavy atom. The molecule has 0 heterocycles. The molecule has 0 amide bonds. The highest BCUT2D eigenvalue weighted by Crippen LogP contribution is 2.43. The van der Waals surface area contributed by atoms with Crippen LogP contribution in [-0.2, 0) is 11.8 Å². The molecule has 0 aliphatic heterocycles. The molecule has 0 bridgehead atoms. The van der Waals surface area contributed by atoms with Gasteiger partial charge in [-0.2, -0.15) is 0 Å². The van der Waals surface area contributed by atoms with Crippen molar-refractivity contribution < 1.29 is 0 Å². The van der Waals surface area contributed by atoms with Gasteiger partial charge in [0, 0.05) is 11.5 Å². The van der Waals surface area contributed by atoms with E-state index >= 15 is 0 Å². The average Bonchev–Trinajstić information content (AvgIpc) is 2.67. The minimum atomic E-state index is 0.282. The molecule has 1 atom stereocenters. The maximum absolute atomic E-state index is 3.93. The van der Waals surface area contributed by atoms with E-state index in [1.165, 1.54) is 49.7 Å². The first kappa shape index (κ1) is 17.2. The molecule has 0 aromatic heterocycles. The van der Waals surface area contributed by atoms with Crippen molar-refractivity contribution in [2.45, 2.75) is 63.3 Å².